The first-order valence-corrected chi connectivity index (χ1v) is 8.32. The van der Waals surface area contributed by atoms with Crippen molar-refractivity contribution in [1.29, 1.82) is 0 Å². The molecule has 2 aromatic rings. The standard InChI is InChI=1S/C19H25N3O2/c1-22(18(23)11-4-5-13-21-19(20)24)14-12-16-9-6-8-15-7-2-3-10-17(15)16/h2-3,6-10H,4-5,11-14H2,1H3,(H3,20,21,24). The number of fused-ring (bicyclic) bond motifs is 1. The molecular weight excluding hydrogens is 302 g/mol. The zero-order chi connectivity index (χ0) is 17.4. The van der Waals surface area contributed by atoms with E-state index in [4.69, 9.17) is 5.73 Å². The largest absolute Gasteiger partial charge is 0.352 e. The number of unbranched alkanes of at least 4 members (excludes halogenated alkanes) is 1. The molecule has 0 bridgehead atoms. The van der Waals surface area contributed by atoms with Crippen LogP contribution in [0.3, 0.4) is 0 Å². The molecule has 0 atom stereocenters. The van der Waals surface area contributed by atoms with E-state index < -0.39 is 6.03 Å². The number of carbonyl (C=O) groups is 2. The number of hydrogen-bond donors (Lipinski definition) is 2. The van der Waals surface area contributed by atoms with E-state index in [0.717, 1.165) is 19.3 Å². The van der Waals surface area contributed by atoms with Crippen LogP contribution in [0, 0.1) is 0 Å². The van der Waals surface area contributed by atoms with Gasteiger partial charge in [-0.05, 0) is 35.6 Å². The summed E-state index contributed by atoms with van der Waals surface area (Å²) in [5.74, 6) is 0.134. The van der Waals surface area contributed by atoms with Gasteiger partial charge >= 0.3 is 6.03 Å². The van der Waals surface area contributed by atoms with Crippen LogP contribution in [0.5, 0.6) is 0 Å². The predicted molar refractivity (Wildman–Crippen MR) is 96.7 cm³/mol. The lowest BCUT2D eigenvalue weighted by atomic mass is 10.0. The summed E-state index contributed by atoms with van der Waals surface area (Å²) in [6, 6.07) is 14.1. The maximum atomic E-state index is 12.1. The van der Waals surface area contributed by atoms with E-state index in [1.807, 2.05) is 19.2 Å². The third kappa shape index (κ3) is 5.26. The number of amides is 3. The Balaban J connectivity index is 1.78. The zero-order valence-corrected chi connectivity index (χ0v) is 14.1. The van der Waals surface area contributed by atoms with Crippen LogP contribution < -0.4 is 11.1 Å². The van der Waals surface area contributed by atoms with Gasteiger partial charge in [-0.1, -0.05) is 42.5 Å². The predicted octanol–water partition coefficient (Wildman–Crippen LogP) is 2.68. The van der Waals surface area contributed by atoms with Crippen molar-refractivity contribution < 1.29 is 9.59 Å². The molecule has 24 heavy (non-hydrogen) atoms. The van der Waals surface area contributed by atoms with Crippen molar-refractivity contribution in [2.75, 3.05) is 20.1 Å². The van der Waals surface area contributed by atoms with E-state index in [0.29, 0.717) is 19.5 Å². The van der Waals surface area contributed by atoms with Gasteiger partial charge in [0.15, 0.2) is 0 Å². The summed E-state index contributed by atoms with van der Waals surface area (Å²) < 4.78 is 0. The molecule has 0 fully saturated rings. The first kappa shape index (κ1) is 17.8. The molecule has 128 valence electrons. The average Bonchev–Trinajstić information content (AvgIpc) is 2.58. The van der Waals surface area contributed by atoms with Gasteiger partial charge in [0.25, 0.3) is 0 Å². The third-order valence-corrected chi connectivity index (χ3v) is 4.14. The lowest BCUT2D eigenvalue weighted by Gasteiger charge is -2.18. The topological polar surface area (TPSA) is 75.4 Å². The Morgan fingerprint density at radius 1 is 1.08 bits per heavy atom. The minimum Gasteiger partial charge on any atom is -0.352 e. The first-order chi connectivity index (χ1) is 11.6. The van der Waals surface area contributed by atoms with Crippen molar-refractivity contribution in [2.45, 2.75) is 25.7 Å². The normalized spacial score (nSPS) is 10.5. The Labute approximate surface area is 142 Å². The number of urea groups is 1. The second kappa shape index (κ2) is 8.91. The highest BCUT2D eigenvalue weighted by Crippen LogP contribution is 2.19. The average molecular weight is 327 g/mol. The molecule has 5 heteroatoms. The maximum absolute atomic E-state index is 12.1. The lowest BCUT2D eigenvalue weighted by molar-refractivity contribution is -0.129. The summed E-state index contributed by atoms with van der Waals surface area (Å²) in [4.78, 5) is 24.5. The SMILES string of the molecule is CN(CCc1cccc2ccccc12)C(=O)CCCCNC(N)=O. The number of rotatable bonds is 8. The molecule has 0 spiro atoms. The summed E-state index contributed by atoms with van der Waals surface area (Å²) in [6.07, 6.45) is 2.84. The smallest absolute Gasteiger partial charge is 0.312 e. The minimum absolute atomic E-state index is 0.134. The van der Waals surface area contributed by atoms with Crippen LogP contribution in [0.25, 0.3) is 10.8 Å². The van der Waals surface area contributed by atoms with Gasteiger partial charge < -0.3 is 16.0 Å². The summed E-state index contributed by atoms with van der Waals surface area (Å²) in [7, 11) is 1.84. The van der Waals surface area contributed by atoms with Gasteiger partial charge in [-0.15, -0.1) is 0 Å². The van der Waals surface area contributed by atoms with Gasteiger partial charge in [0.05, 0.1) is 0 Å². The fourth-order valence-corrected chi connectivity index (χ4v) is 2.73. The maximum Gasteiger partial charge on any atom is 0.312 e. The molecule has 0 radical (unpaired) electrons. The third-order valence-electron chi connectivity index (χ3n) is 4.14. The fraction of sp³-hybridized carbons (Fsp3) is 0.368. The Kier molecular flexibility index (Phi) is 6.61. The highest BCUT2D eigenvalue weighted by atomic mass is 16.2. The van der Waals surface area contributed by atoms with Crippen LogP contribution in [0.2, 0.25) is 0 Å². The number of nitrogens with zero attached hydrogens (tertiary/aromatic N) is 1. The monoisotopic (exact) mass is 327 g/mol. The van der Waals surface area contributed by atoms with Gasteiger partial charge in [-0.2, -0.15) is 0 Å². The van der Waals surface area contributed by atoms with E-state index in [1.54, 1.807) is 4.90 Å². The van der Waals surface area contributed by atoms with Gasteiger partial charge in [0.1, 0.15) is 0 Å². The molecule has 3 amide bonds. The molecular formula is C19H25N3O2. The van der Waals surface area contributed by atoms with Gasteiger partial charge in [-0.3, -0.25) is 4.79 Å². The highest BCUT2D eigenvalue weighted by Gasteiger charge is 2.09. The second-order valence-corrected chi connectivity index (χ2v) is 5.95. The Morgan fingerprint density at radius 2 is 1.83 bits per heavy atom. The number of nitrogens with one attached hydrogen (secondary N) is 1. The molecule has 0 aliphatic carbocycles. The molecule has 0 saturated heterocycles. The number of benzene rings is 2. The number of hydrogen-bond acceptors (Lipinski definition) is 2. The van der Waals surface area contributed by atoms with Gasteiger partial charge in [-0.25, -0.2) is 4.79 Å². The van der Waals surface area contributed by atoms with Gasteiger partial charge in [0.2, 0.25) is 5.91 Å². The minimum atomic E-state index is -0.520. The van der Waals surface area contributed by atoms with E-state index >= 15 is 0 Å². The Bertz CT molecular complexity index is 695. The molecule has 2 aromatic carbocycles. The molecule has 2 rings (SSSR count). The van der Waals surface area contributed by atoms with Crippen molar-refractivity contribution in [3.63, 3.8) is 0 Å². The summed E-state index contributed by atoms with van der Waals surface area (Å²) in [5, 5.41) is 5.00. The molecule has 0 aliphatic heterocycles. The molecule has 0 aromatic heterocycles. The zero-order valence-electron chi connectivity index (χ0n) is 14.1. The number of likely N-dealkylation sites (N-methyl/N-ethyl adjacent to an activating group) is 1. The quantitative estimate of drug-likeness (QED) is 0.731. The van der Waals surface area contributed by atoms with Crippen LogP contribution in [0.15, 0.2) is 42.5 Å². The van der Waals surface area contributed by atoms with Crippen molar-refractivity contribution in [3.8, 4) is 0 Å². The van der Waals surface area contributed by atoms with E-state index in [9.17, 15) is 9.59 Å². The molecule has 0 saturated carbocycles. The molecule has 0 unspecified atom stereocenters. The lowest BCUT2D eigenvalue weighted by Crippen LogP contribution is -2.31. The van der Waals surface area contributed by atoms with Crippen LogP contribution in [-0.4, -0.2) is 37.0 Å². The summed E-state index contributed by atoms with van der Waals surface area (Å²) in [5.41, 5.74) is 6.25. The van der Waals surface area contributed by atoms with Crippen molar-refractivity contribution >= 4 is 22.7 Å². The Morgan fingerprint density at radius 3 is 2.62 bits per heavy atom. The fourth-order valence-electron chi connectivity index (χ4n) is 2.73. The molecule has 0 aliphatic rings. The van der Waals surface area contributed by atoms with Crippen LogP contribution in [-0.2, 0) is 11.2 Å². The van der Waals surface area contributed by atoms with E-state index in [-0.39, 0.29) is 5.91 Å². The summed E-state index contributed by atoms with van der Waals surface area (Å²) in [6.45, 7) is 1.22. The molecule has 3 N–H and O–H groups in total. The van der Waals surface area contributed by atoms with E-state index in [2.05, 4.69) is 35.6 Å². The summed E-state index contributed by atoms with van der Waals surface area (Å²) >= 11 is 0. The second-order valence-electron chi connectivity index (χ2n) is 5.95. The highest BCUT2D eigenvalue weighted by molar-refractivity contribution is 5.85. The van der Waals surface area contributed by atoms with Crippen LogP contribution in [0.4, 0.5) is 4.79 Å². The number of primary amides is 1. The van der Waals surface area contributed by atoms with Gasteiger partial charge in [0, 0.05) is 26.6 Å². The van der Waals surface area contributed by atoms with Crippen LogP contribution >= 0.6 is 0 Å². The molecule has 0 heterocycles. The first-order valence-electron chi connectivity index (χ1n) is 8.32. The molecule has 5 nitrogen and oxygen atoms in total. The van der Waals surface area contributed by atoms with Crippen LogP contribution in [0.1, 0.15) is 24.8 Å². The number of nitrogens with two attached hydrogens (primary N) is 1. The van der Waals surface area contributed by atoms with E-state index in [1.165, 1.54) is 16.3 Å². The number of carbonyl (C=O) groups excluding carboxylic acids is 2. The van der Waals surface area contributed by atoms with Crippen molar-refractivity contribution in [2.24, 2.45) is 5.73 Å². The Hall–Kier alpha value is -2.56. The van der Waals surface area contributed by atoms with Crippen molar-refractivity contribution in [3.05, 3.63) is 48.0 Å². The van der Waals surface area contributed by atoms with Crippen molar-refractivity contribution in [1.82, 2.24) is 10.2 Å².